The highest BCUT2D eigenvalue weighted by molar-refractivity contribution is 5.87. The Kier molecular flexibility index (Phi) is 3.91. The van der Waals surface area contributed by atoms with Crippen LogP contribution in [-0.4, -0.2) is 17.9 Å². The molecule has 0 unspecified atom stereocenters. The molecule has 0 N–H and O–H groups in total. The van der Waals surface area contributed by atoms with Crippen molar-refractivity contribution in [3.63, 3.8) is 0 Å². The van der Waals surface area contributed by atoms with Crippen molar-refractivity contribution in [2.75, 3.05) is 12.1 Å². The van der Waals surface area contributed by atoms with E-state index in [1.54, 1.807) is 0 Å². The number of anilines is 1. The van der Waals surface area contributed by atoms with Crippen molar-refractivity contribution < 1.29 is 0 Å². The first-order chi connectivity index (χ1) is 10.3. The van der Waals surface area contributed by atoms with E-state index in [1.165, 1.54) is 11.3 Å². The molecule has 2 aromatic carbocycles. The molecule has 1 aliphatic rings. The van der Waals surface area contributed by atoms with Gasteiger partial charge in [0.25, 0.3) is 0 Å². The molecule has 0 atom stereocenters. The van der Waals surface area contributed by atoms with Gasteiger partial charge in [0, 0.05) is 13.5 Å². The Labute approximate surface area is 126 Å². The van der Waals surface area contributed by atoms with E-state index in [9.17, 15) is 0 Å². The fourth-order valence-corrected chi connectivity index (χ4v) is 2.68. The van der Waals surface area contributed by atoms with Gasteiger partial charge in [-0.2, -0.15) is 0 Å². The van der Waals surface area contributed by atoms with E-state index in [0.717, 1.165) is 30.9 Å². The summed E-state index contributed by atoms with van der Waals surface area (Å²) in [7, 11) is 2.10. The third-order valence-electron chi connectivity index (χ3n) is 3.82. The molecular formula is C18H21N3. The van der Waals surface area contributed by atoms with Gasteiger partial charge in [0.05, 0.1) is 17.9 Å². The van der Waals surface area contributed by atoms with Gasteiger partial charge in [0.2, 0.25) is 0 Å². The molecule has 1 aliphatic heterocycles. The number of amidine groups is 1. The zero-order valence-corrected chi connectivity index (χ0v) is 12.7. The summed E-state index contributed by atoms with van der Waals surface area (Å²) < 4.78 is 0. The summed E-state index contributed by atoms with van der Waals surface area (Å²) in [5.41, 5.74) is 3.55. The molecule has 0 aromatic heterocycles. The molecule has 3 heteroatoms. The van der Waals surface area contributed by atoms with Crippen molar-refractivity contribution in [1.82, 2.24) is 5.01 Å². The molecule has 1 heterocycles. The second-order valence-electron chi connectivity index (χ2n) is 5.32. The smallest absolute Gasteiger partial charge is 0.123 e. The van der Waals surface area contributed by atoms with Crippen molar-refractivity contribution >= 4 is 17.2 Å². The monoisotopic (exact) mass is 279 g/mol. The van der Waals surface area contributed by atoms with Gasteiger partial charge in [-0.25, -0.2) is 4.99 Å². The number of rotatable bonds is 3. The highest BCUT2D eigenvalue weighted by Crippen LogP contribution is 2.29. The van der Waals surface area contributed by atoms with Crippen LogP contribution in [0.1, 0.15) is 25.3 Å². The zero-order chi connectivity index (χ0) is 14.7. The predicted molar refractivity (Wildman–Crippen MR) is 88.8 cm³/mol. The number of fused-ring (bicyclic) bond motifs is 1. The quantitative estimate of drug-likeness (QED) is 0.830. The van der Waals surface area contributed by atoms with Gasteiger partial charge in [-0.1, -0.05) is 43.3 Å². The summed E-state index contributed by atoms with van der Waals surface area (Å²) in [5, 5.41) is 4.49. The summed E-state index contributed by atoms with van der Waals surface area (Å²) in [4.78, 5) is 4.89. The number of hydrazine groups is 1. The van der Waals surface area contributed by atoms with Gasteiger partial charge in [-0.15, -0.1) is 0 Å². The van der Waals surface area contributed by atoms with Gasteiger partial charge in [0.1, 0.15) is 5.84 Å². The molecule has 0 amide bonds. The van der Waals surface area contributed by atoms with E-state index in [1.807, 2.05) is 0 Å². The molecule has 21 heavy (non-hydrogen) atoms. The predicted octanol–water partition coefficient (Wildman–Crippen LogP) is 4.38. The fourth-order valence-electron chi connectivity index (χ4n) is 2.68. The second-order valence-corrected chi connectivity index (χ2v) is 5.32. The molecule has 3 nitrogen and oxygen atoms in total. The van der Waals surface area contributed by atoms with Gasteiger partial charge in [-0.3, -0.25) is 10.0 Å². The van der Waals surface area contributed by atoms with Crippen LogP contribution < -0.4 is 5.01 Å². The summed E-state index contributed by atoms with van der Waals surface area (Å²) >= 11 is 0. The van der Waals surface area contributed by atoms with E-state index in [4.69, 9.17) is 4.99 Å². The summed E-state index contributed by atoms with van der Waals surface area (Å²) in [5.74, 6) is 1.12. The average Bonchev–Trinajstić information content (AvgIpc) is 2.66. The maximum Gasteiger partial charge on any atom is 0.123 e. The SMILES string of the molecule is CCCC1=Nc2ccccc2CN(c2ccccc2)N1C. The first kappa shape index (κ1) is 13.7. The van der Waals surface area contributed by atoms with Gasteiger partial charge in [0.15, 0.2) is 0 Å². The first-order valence-electron chi connectivity index (χ1n) is 7.51. The molecule has 0 aliphatic carbocycles. The van der Waals surface area contributed by atoms with E-state index in [-0.39, 0.29) is 0 Å². The molecule has 0 radical (unpaired) electrons. The number of aliphatic imine (C=N–C) groups is 1. The fraction of sp³-hybridized carbons (Fsp3) is 0.278. The summed E-state index contributed by atoms with van der Waals surface area (Å²) in [6.45, 7) is 3.04. The van der Waals surface area contributed by atoms with Crippen LogP contribution in [0.5, 0.6) is 0 Å². The van der Waals surface area contributed by atoms with Crippen LogP contribution in [0.4, 0.5) is 11.4 Å². The normalized spacial score (nSPS) is 14.5. The third-order valence-corrected chi connectivity index (χ3v) is 3.82. The largest absolute Gasteiger partial charge is 0.280 e. The Morgan fingerprint density at radius 3 is 2.48 bits per heavy atom. The van der Waals surface area contributed by atoms with Gasteiger partial charge in [-0.05, 0) is 30.2 Å². The van der Waals surface area contributed by atoms with E-state index in [0.29, 0.717) is 0 Å². The van der Waals surface area contributed by atoms with Gasteiger partial charge < -0.3 is 0 Å². The number of hydrogen-bond acceptors (Lipinski definition) is 3. The Morgan fingerprint density at radius 1 is 1.00 bits per heavy atom. The number of benzene rings is 2. The van der Waals surface area contributed by atoms with Crippen LogP contribution in [0, 0.1) is 0 Å². The average molecular weight is 279 g/mol. The highest BCUT2D eigenvalue weighted by Gasteiger charge is 2.21. The van der Waals surface area contributed by atoms with Crippen LogP contribution in [0.25, 0.3) is 0 Å². The molecule has 0 spiro atoms. The zero-order valence-electron chi connectivity index (χ0n) is 12.7. The van der Waals surface area contributed by atoms with Crippen molar-refractivity contribution in [2.45, 2.75) is 26.3 Å². The lowest BCUT2D eigenvalue weighted by Gasteiger charge is -2.34. The van der Waals surface area contributed by atoms with Crippen molar-refractivity contribution in [2.24, 2.45) is 4.99 Å². The molecule has 0 saturated carbocycles. The molecule has 0 bridgehead atoms. The molecular weight excluding hydrogens is 258 g/mol. The molecule has 0 saturated heterocycles. The van der Waals surface area contributed by atoms with E-state index >= 15 is 0 Å². The third kappa shape index (κ3) is 2.77. The van der Waals surface area contributed by atoms with E-state index < -0.39 is 0 Å². The van der Waals surface area contributed by atoms with Crippen molar-refractivity contribution in [3.05, 3.63) is 60.2 Å². The molecule has 108 valence electrons. The minimum atomic E-state index is 0.841. The maximum absolute atomic E-state index is 4.89. The number of para-hydroxylation sites is 2. The minimum Gasteiger partial charge on any atom is -0.280 e. The minimum absolute atomic E-state index is 0.841. The number of hydrogen-bond donors (Lipinski definition) is 0. The topological polar surface area (TPSA) is 18.8 Å². The summed E-state index contributed by atoms with van der Waals surface area (Å²) in [6.07, 6.45) is 2.07. The van der Waals surface area contributed by atoms with Crippen LogP contribution in [0.15, 0.2) is 59.6 Å². The Hall–Kier alpha value is -2.29. The second kappa shape index (κ2) is 6.00. The standard InChI is InChI=1S/C18H21N3/c1-3-9-18-19-17-13-8-7-10-15(17)14-21(20(18)2)16-11-5-4-6-12-16/h4-8,10-13H,3,9,14H2,1-2H3. The molecule has 3 rings (SSSR count). The molecule has 2 aromatic rings. The maximum atomic E-state index is 4.89. The highest BCUT2D eigenvalue weighted by atomic mass is 15.6. The Balaban J connectivity index is 2.05. The summed E-state index contributed by atoms with van der Waals surface area (Å²) in [6, 6.07) is 18.9. The van der Waals surface area contributed by atoms with Crippen molar-refractivity contribution in [3.8, 4) is 0 Å². The lowest BCUT2D eigenvalue weighted by Crippen LogP contribution is -2.42. The Morgan fingerprint density at radius 2 is 1.71 bits per heavy atom. The van der Waals surface area contributed by atoms with Crippen LogP contribution in [0.2, 0.25) is 0 Å². The Bertz CT molecular complexity index is 634. The first-order valence-corrected chi connectivity index (χ1v) is 7.51. The van der Waals surface area contributed by atoms with E-state index in [2.05, 4.69) is 78.6 Å². The van der Waals surface area contributed by atoms with Crippen LogP contribution in [-0.2, 0) is 6.54 Å². The lowest BCUT2D eigenvalue weighted by molar-refractivity contribution is 0.445. The van der Waals surface area contributed by atoms with Crippen LogP contribution in [0.3, 0.4) is 0 Å². The van der Waals surface area contributed by atoms with Crippen LogP contribution >= 0.6 is 0 Å². The van der Waals surface area contributed by atoms with Gasteiger partial charge >= 0.3 is 0 Å². The van der Waals surface area contributed by atoms with Crippen molar-refractivity contribution in [1.29, 1.82) is 0 Å². The molecule has 0 fully saturated rings. The number of nitrogens with zero attached hydrogens (tertiary/aromatic N) is 3. The lowest BCUT2D eigenvalue weighted by atomic mass is 10.1.